The molecular formula is C17H17FN2O3S. The van der Waals surface area contributed by atoms with Crippen molar-refractivity contribution >= 4 is 27.3 Å². The molecule has 1 saturated carbocycles. The minimum absolute atomic E-state index is 0.000827. The second-order valence-corrected chi connectivity index (χ2v) is 7.44. The molecule has 0 radical (unpaired) electrons. The van der Waals surface area contributed by atoms with Crippen LogP contribution < -0.4 is 10.0 Å². The van der Waals surface area contributed by atoms with Crippen molar-refractivity contribution in [1.29, 1.82) is 0 Å². The van der Waals surface area contributed by atoms with Gasteiger partial charge in [-0.1, -0.05) is 6.42 Å². The standard InChI is InChI=1S/C17H17FN2O3S/c18-13-4-10-16(11-5-13)24(22,23)20-15-8-6-14(7-9-15)19-17(21)12-2-1-3-12/h4-12,20H,1-3H2,(H,19,21). The van der Waals surface area contributed by atoms with Crippen molar-refractivity contribution in [2.45, 2.75) is 24.2 Å². The van der Waals surface area contributed by atoms with Gasteiger partial charge in [-0.3, -0.25) is 9.52 Å². The molecule has 0 bridgehead atoms. The van der Waals surface area contributed by atoms with E-state index in [1.807, 2.05) is 0 Å². The number of carbonyl (C=O) groups is 1. The lowest BCUT2D eigenvalue weighted by Crippen LogP contribution is -2.27. The van der Waals surface area contributed by atoms with Crippen LogP contribution in [0.25, 0.3) is 0 Å². The average molecular weight is 348 g/mol. The summed E-state index contributed by atoms with van der Waals surface area (Å²) in [6, 6.07) is 11.0. The number of benzene rings is 2. The Hall–Kier alpha value is -2.41. The summed E-state index contributed by atoms with van der Waals surface area (Å²) in [7, 11) is -3.78. The number of hydrogen-bond donors (Lipinski definition) is 2. The van der Waals surface area contributed by atoms with Crippen molar-refractivity contribution in [2.75, 3.05) is 10.0 Å². The maximum absolute atomic E-state index is 12.9. The Balaban J connectivity index is 1.67. The number of rotatable bonds is 5. The number of nitrogens with one attached hydrogen (secondary N) is 2. The summed E-state index contributed by atoms with van der Waals surface area (Å²) in [5.74, 6) is -0.414. The van der Waals surface area contributed by atoms with E-state index in [1.54, 1.807) is 24.3 Å². The van der Waals surface area contributed by atoms with Gasteiger partial charge in [0.25, 0.3) is 10.0 Å². The van der Waals surface area contributed by atoms with Crippen LogP contribution in [-0.2, 0) is 14.8 Å². The largest absolute Gasteiger partial charge is 0.326 e. The topological polar surface area (TPSA) is 75.3 Å². The van der Waals surface area contributed by atoms with Crippen LogP contribution in [0, 0.1) is 11.7 Å². The molecule has 1 fully saturated rings. The van der Waals surface area contributed by atoms with Crippen LogP contribution in [0.1, 0.15) is 19.3 Å². The quantitative estimate of drug-likeness (QED) is 0.870. The predicted octanol–water partition coefficient (Wildman–Crippen LogP) is 3.37. The summed E-state index contributed by atoms with van der Waals surface area (Å²) in [6.07, 6.45) is 2.92. The molecule has 0 heterocycles. The molecule has 0 saturated heterocycles. The summed E-state index contributed by atoms with van der Waals surface area (Å²) < 4.78 is 39.7. The first kappa shape index (κ1) is 16.4. The van der Waals surface area contributed by atoms with Crippen LogP contribution in [0.3, 0.4) is 0 Å². The molecule has 0 spiro atoms. The third-order valence-corrected chi connectivity index (χ3v) is 5.40. The van der Waals surface area contributed by atoms with E-state index in [9.17, 15) is 17.6 Å². The SMILES string of the molecule is O=C(Nc1ccc(NS(=O)(=O)c2ccc(F)cc2)cc1)C1CCC1. The molecule has 3 rings (SSSR count). The van der Waals surface area contributed by atoms with Gasteiger partial charge in [0.2, 0.25) is 5.91 Å². The number of sulfonamides is 1. The Bertz CT molecular complexity index is 829. The Morgan fingerprint density at radius 1 is 0.958 bits per heavy atom. The average Bonchev–Trinajstić information content (AvgIpc) is 2.47. The number of amides is 1. The van der Waals surface area contributed by atoms with Gasteiger partial charge in [0.05, 0.1) is 4.90 Å². The van der Waals surface area contributed by atoms with Crippen molar-refractivity contribution < 1.29 is 17.6 Å². The monoisotopic (exact) mass is 348 g/mol. The summed E-state index contributed by atoms with van der Waals surface area (Å²) >= 11 is 0. The minimum atomic E-state index is -3.78. The molecule has 1 amide bonds. The van der Waals surface area contributed by atoms with Gasteiger partial charge in [0, 0.05) is 17.3 Å². The fourth-order valence-corrected chi connectivity index (χ4v) is 3.42. The lowest BCUT2D eigenvalue weighted by molar-refractivity contribution is -0.122. The van der Waals surface area contributed by atoms with Gasteiger partial charge in [0.15, 0.2) is 0 Å². The van der Waals surface area contributed by atoms with Crippen LogP contribution in [-0.4, -0.2) is 14.3 Å². The Morgan fingerprint density at radius 2 is 1.54 bits per heavy atom. The van der Waals surface area contributed by atoms with Gasteiger partial charge in [-0.2, -0.15) is 0 Å². The van der Waals surface area contributed by atoms with Crippen LogP contribution in [0.15, 0.2) is 53.4 Å². The van der Waals surface area contributed by atoms with E-state index in [2.05, 4.69) is 10.0 Å². The van der Waals surface area contributed by atoms with Gasteiger partial charge >= 0.3 is 0 Å². The summed E-state index contributed by atoms with van der Waals surface area (Å²) in [6.45, 7) is 0. The molecule has 0 atom stereocenters. The molecule has 1 aliphatic rings. The number of carbonyl (C=O) groups excluding carboxylic acids is 1. The first-order valence-corrected chi connectivity index (χ1v) is 9.12. The summed E-state index contributed by atoms with van der Waals surface area (Å²) in [5.41, 5.74) is 0.984. The minimum Gasteiger partial charge on any atom is -0.326 e. The highest BCUT2D eigenvalue weighted by Gasteiger charge is 2.25. The molecule has 24 heavy (non-hydrogen) atoms. The Kier molecular flexibility index (Phi) is 4.53. The van der Waals surface area contributed by atoms with Crippen LogP contribution >= 0.6 is 0 Å². The molecule has 126 valence electrons. The first-order chi connectivity index (χ1) is 11.4. The molecule has 2 aromatic carbocycles. The second-order valence-electron chi connectivity index (χ2n) is 5.75. The highest BCUT2D eigenvalue weighted by molar-refractivity contribution is 7.92. The van der Waals surface area contributed by atoms with E-state index >= 15 is 0 Å². The smallest absolute Gasteiger partial charge is 0.261 e. The van der Waals surface area contributed by atoms with Gasteiger partial charge < -0.3 is 5.32 Å². The zero-order chi connectivity index (χ0) is 17.2. The third kappa shape index (κ3) is 3.73. The third-order valence-electron chi connectivity index (χ3n) is 4.00. The Labute approximate surface area is 139 Å². The van der Waals surface area contributed by atoms with Crippen LogP contribution in [0.4, 0.5) is 15.8 Å². The predicted molar refractivity (Wildman–Crippen MR) is 89.6 cm³/mol. The van der Waals surface area contributed by atoms with E-state index in [4.69, 9.17) is 0 Å². The molecule has 5 nitrogen and oxygen atoms in total. The summed E-state index contributed by atoms with van der Waals surface area (Å²) in [4.78, 5) is 11.8. The van der Waals surface area contributed by atoms with Crippen LogP contribution in [0.5, 0.6) is 0 Å². The fraction of sp³-hybridized carbons (Fsp3) is 0.235. The van der Waals surface area contributed by atoms with Gasteiger partial charge in [-0.25, -0.2) is 12.8 Å². The Morgan fingerprint density at radius 3 is 2.08 bits per heavy atom. The molecular weight excluding hydrogens is 331 g/mol. The van der Waals surface area contributed by atoms with E-state index < -0.39 is 15.8 Å². The molecule has 1 aliphatic carbocycles. The number of hydrogen-bond acceptors (Lipinski definition) is 3. The van der Waals surface area contributed by atoms with E-state index in [1.165, 1.54) is 12.1 Å². The van der Waals surface area contributed by atoms with Crippen LogP contribution in [0.2, 0.25) is 0 Å². The lowest BCUT2D eigenvalue weighted by atomic mass is 9.85. The van der Waals surface area contributed by atoms with Crippen molar-refractivity contribution in [3.8, 4) is 0 Å². The van der Waals surface area contributed by atoms with Crippen molar-refractivity contribution in [3.63, 3.8) is 0 Å². The lowest BCUT2D eigenvalue weighted by Gasteiger charge is -2.24. The highest BCUT2D eigenvalue weighted by atomic mass is 32.2. The number of halogens is 1. The van der Waals surface area contributed by atoms with Crippen molar-refractivity contribution in [1.82, 2.24) is 0 Å². The van der Waals surface area contributed by atoms with Gasteiger partial charge in [-0.05, 0) is 61.4 Å². The second kappa shape index (κ2) is 6.60. The van der Waals surface area contributed by atoms with Crippen molar-refractivity contribution in [2.24, 2.45) is 5.92 Å². The first-order valence-electron chi connectivity index (χ1n) is 7.63. The van der Waals surface area contributed by atoms with E-state index in [0.717, 1.165) is 31.4 Å². The van der Waals surface area contributed by atoms with E-state index in [0.29, 0.717) is 11.4 Å². The van der Waals surface area contributed by atoms with E-state index in [-0.39, 0.29) is 16.7 Å². The zero-order valence-corrected chi connectivity index (χ0v) is 13.6. The maximum atomic E-state index is 12.9. The maximum Gasteiger partial charge on any atom is 0.261 e. The van der Waals surface area contributed by atoms with Crippen molar-refractivity contribution in [3.05, 3.63) is 54.3 Å². The molecule has 2 N–H and O–H groups in total. The molecule has 0 aliphatic heterocycles. The highest BCUT2D eigenvalue weighted by Crippen LogP contribution is 2.28. The summed E-state index contributed by atoms with van der Waals surface area (Å²) in [5, 5.41) is 2.81. The number of anilines is 2. The normalized spacial score (nSPS) is 14.7. The fourth-order valence-electron chi connectivity index (χ4n) is 2.36. The molecule has 7 heteroatoms. The van der Waals surface area contributed by atoms with Gasteiger partial charge in [0.1, 0.15) is 5.82 Å². The molecule has 0 unspecified atom stereocenters. The molecule has 0 aromatic heterocycles. The zero-order valence-electron chi connectivity index (χ0n) is 12.8. The van der Waals surface area contributed by atoms with Gasteiger partial charge in [-0.15, -0.1) is 0 Å². The molecule has 2 aromatic rings.